The highest BCUT2D eigenvalue weighted by Gasteiger charge is 2.41. The Morgan fingerprint density at radius 1 is 1.25 bits per heavy atom. The summed E-state index contributed by atoms with van der Waals surface area (Å²) in [7, 11) is 0. The van der Waals surface area contributed by atoms with Crippen LogP contribution < -0.4 is 5.32 Å². The van der Waals surface area contributed by atoms with E-state index in [0.717, 1.165) is 19.4 Å². The molecule has 0 aromatic rings. The lowest BCUT2D eigenvalue weighted by atomic mass is 9.83. The average molecular weight is 224 g/mol. The molecule has 3 saturated heterocycles. The molecule has 1 aliphatic carbocycles. The lowest BCUT2D eigenvalue weighted by Crippen LogP contribution is -2.59. The fourth-order valence-electron chi connectivity index (χ4n) is 3.22. The Bertz CT molecular complexity index is 283. The number of piperidine rings is 3. The largest absolute Gasteiger partial charge is 0.480 e. The molecule has 0 radical (unpaired) electrons. The Hall–Kier alpha value is -0.610. The molecule has 1 saturated carbocycles. The van der Waals surface area contributed by atoms with Crippen molar-refractivity contribution in [1.82, 2.24) is 10.2 Å². The van der Waals surface area contributed by atoms with Crippen LogP contribution in [0.4, 0.5) is 0 Å². The summed E-state index contributed by atoms with van der Waals surface area (Å²) >= 11 is 0. The summed E-state index contributed by atoms with van der Waals surface area (Å²) in [4.78, 5) is 13.6. The molecule has 4 fully saturated rings. The number of hydrogen-bond donors (Lipinski definition) is 2. The third-order valence-electron chi connectivity index (χ3n) is 4.41. The number of nitrogens with one attached hydrogen (secondary N) is 1. The molecule has 2 bridgehead atoms. The summed E-state index contributed by atoms with van der Waals surface area (Å²) in [6.07, 6.45) is 4.67. The Labute approximate surface area is 96.0 Å². The highest BCUT2D eigenvalue weighted by molar-refractivity contribution is 5.74. The molecular formula is C12H20N2O2. The number of carboxylic acids is 1. The van der Waals surface area contributed by atoms with Crippen LogP contribution in [0.15, 0.2) is 0 Å². The molecule has 16 heavy (non-hydrogen) atoms. The molecule has 4 nitrogen and oxygen atoms in total. The molecule has 4 rings (SSSR count). The molecule has 3 aliphatic heterocycles. The van der Waals surface area contributed by atoms with Gasteiger partial charge in [0.05, 0.1) is 0 Å². The maximum atomic E-state index is 11.2. The number of fused-ring (bicyclic) bond motifs is 3. The molecule has 2 unspecified atom stereocenters. The number of carboxylic acid groups (broad SMARTS) is 1. The van der Waals surface area contributed by atoms with E-state index in [9.17, 15) is 9.90 Å². The van der Waals surface area contributed by atoms with E-state index in [1.54, 1.807) is 0 Å². The first-order valence-electron chi connectivity index (χ1n) is 6.45. The first-order chi connectivity index (χ1) is 7.74. The van der Waals surface area contributed by atoms with Crippen molar-refractivity contribution in [3.05, 3.63) is 0 Å². The number of nitrogens with zero attached hydrogens (tertiary/aromatic N) is 1. The van der Waals surface area contributed by atoms with Gasteiger partial charge in [-0.1, -0.05) is 0 Å². The molecule has 0 aromatic heterocycles. The third-order valence-corrected chi connectivity index (χ3v) is 4.41. The van der Waals surface area contributed by atoms with Crippen molar-refractivity contribution in [3.8, 4) is 0 Å². The van der Waals surface area contributed by atoms with E-state index in [1.807, 2.05) is 0 Å². The molecule has 0 aromatic carbocycles. The zero-order valence-electron chi connectivity index (χ0n) is 9.56. The van der Waals surface area contributed by atoms with E-state index in [1.165, 1.54) is 25.9 Å². The molecule has 4 aliphatic rings. The van der Waals surface area contributed by atoms with E-state index < -0.39 is 5.97 Å². The first-order valence-corrected chi connectivity index (χ1v) is 6.45. The van der Waals surface area contributed by atoms with Crippen LogP contribution in [0, 0.1) is 11.8 Å². The van der Waals surface area contributed by atoms with Gasteiger partial charge in [0.25, 0.3) is 0 Å². The minimum absolute atomic E-state index is 0.287. The quantitative estimate of drug-likeness (QED) is 0.731. The number of hydrogen-bond acceptors (Lipinski definition) is 3. The second-order valence-electron chi connectivity index (χ2n) is 5.56. The maximum absolute atomic E-state index is 11.2. The van der Waals surface area contributed by atoms with Gasteiger partial charge in [0, 0.05) is 12.6 Å². The van der Waals surface area contributed by atoms with Crippen LogP contribution in [-0.2, 0) is 4.79 Å². The average Bonchev–Trinajstić information content (AvgIpc) is 3.11. The molecule has 4 heteroatoms. The van der Waals surface area contributed by atoms with Crippen LogP contribution in [0.3, 0.4) is 0 Å². The minimum atomic E-state index is -0.654. The first kappa shape index (κ1) is 10.5. The fraction of sp³-hybridized carbons (Fsp3) is 0.917. The van der Waals surface area contributed by atoms with Gasteiger partial charge >= 0.3 is 5.97 Å². The zero-order valence-corrected chi connectivity index (χ0v) is 9.56. The van der Waals surface area contributed by atoms with Gasteiger partial charge < -0.3 is 10.0 Å². The monoisotopic (exact) mass is 224 g/mol. The summed E-state index contributed by atoms with van der Waals surface area (Å²) in [6.45, 7) is 3.48. The summed E-state index contributed by atoms with van der Waals surface area (Å²) in [5.74, 6) is 0.456. The van der Waals surface area contributed by atoms with Crippen LogP contribution in [0.25, 0.3) is 0 Å². The molecule has 90 valence electrons. The van der Waals surface area contributed by atoms with Gasteiger partial charge in [-0.3, -0.25) is 10.1 Å². The SMILES string of the molecule is O=C(O)C(NC1CN2CCC1CC2)C1CC1. The highest BCUT2D eigenvalue weighted by Crippen LogP contribution is 2.35. The van der Waals surface area contributed by atoms with E-state index in [2.05, 4.69) is 10.2 Å². The lowest BCUT2D eigenvalue weighted by Gasteiger charge is -2.45. The number of aliphatic carboxylic acids is 1. The van der Waals surface area contributed by atoms with Crippen molar-refractivity contribution < 1.29 is 9.90 Å². The van der Waals surface area contributed by atoms with Gasteiger partial charge in [-0.05, 0) is 50.6 Å². The summed E-state index contributed by atoms with van der Waals surface area (Å²) in [5.41, 5.74) is 0. The van der Waals surface area contributed by atoms with E-state index in [0.29, 0.717) is 17.9 Å². The minimum Gasteiger partial charge on any atom is -0.480 e. The molecule has 0 amide bonds. The molecule has 3 heterocycles. The Morgan fingerprint density at radius 2 is 1.94 bits per heavy atom. The van der Waals surface area contributed by atoms with Crippen LogP contribution in [0.1, 0.15) is 25.7 Å². The van der Waals surface area contributed by atoms with E-state index in [-0.39, 0.29) is 6.04 Å². The van der Waals surface area contributed by atoms with Gasteiger partial charge in [-0.2, -0.15) is 0 Å². The van der Waals surface area contributed by atoms with Crippen LogP contribution in [0.2, 0.25) is 0 Å². The van der Waals surface area contributed by atoms with Crippen molar-refractivity contribution in [1.29, 1.82) is 0 Å². The maximum Gasteiger partial charge on any atom is 0.320 e. The Kier molecular flexibility index (Phi) is 2.64. The Balaban J connectivity index is 1.62. The van der Waals surface area contributed by atoms with Crippen LogP contribution in [-0.4, -0.2) is 47.7 Å². The van der Waals surface area contributed by atoms with Gasteiger partial charge in [0.1, 0.15) is 6.04 Å². The van der Waals surface area contributed by atoms with Crippen molar-refractivity contribution >= 4 is 5.97 Å². The number of carbonyl (C=O) groups is 1. The normalized spacial score (nSPS) is 39.6. The van der Waals surface area contributed by atoms with Gasteiger partial charge in [0.2, 0.25) is 0 Å². The van der Waals surface area contributed by atoms with Gasteiger partial charge in [-0.15, -0.1) is 0 Å². The summed E-state index contributed by atoms with van der Waals surface area (Å²) < 4.78 is 0. The predicted octanol–water partition coefficient (Wildman–Crippen LogP) is 0.533. The summed E-state index contributed by atoms with van der Waals surface area (Å²) in [5, 5.41) is 12.6. The molecule has 0 spiro atoms. The lowest BCUT2D eigenvalue weighted by molar-refractivity contribution is -0.140. The third kappa shape index (κ3) is 1.96. The second-order valence-corrected chi connectivity index (χ2v) is 5.56. The van der Waals surface area contributed by atoms with Gasteiger partial charge in [-0.25, -0.2) is 0 Å². The van der Waals surface area contributed by atoms with Gasteiger partial charge in [0.15, 0.2) is 0 Å². The zero-order chi connectivity index (χ0) is 11.1. The Morgan fingerprint density at radius 3 is 2.38 bits per heavy atom. The van der Waals surface area contributed by atoms with E-state index in [4.69, 9.17) is 0 Å². The predicted molar refractivity (Wildman–Crippen MR) is 60.2 cm³/mol. The number of rotatable bonds is 4. The van der Waals surface area contributed by atoms with Crippen molar-refractivity contribution in [2.24, 2.45) is 11.8 Å². The fourth-order valence-corrected chi connectivity index (χ4v) is 3.22. The van der Waals surface area contributed by atoms with Crippen molar-refractivity contribution in [3.63, 3.8) is 0 Å². The molecule has 2 atom stereocenters. The van der Waals surface area contributed by atoms with Crippen LogP contribution >= 0.6 is 0 Å². The highest BCUT2D eigenvalue weighted by atomic mass is 16.4. The van der Waals surface area contributed by atoms with Crippen LogP contribution in [0.5, 0.6) is 0 Å². The molecule has 2 N–H and O–H groups in total. The standard InChI is InChI=1S/C12H20N2O2/c15-12(16)11(9-1-2-9)13-10-7-14-5-3-8(10)4-6-14/h8-11,13H,1-7H2,(H,15,16). The topological polar surface area (TPSA) is 52.6 Å². The second kappa shape index (κ2) is 4.00. The summed E-state index contributed by atoms with van der Waals surface area (Å²) in [6, 6.07) is 0.134. The smallest absolute Gasteiger partial charge is 0.320 e. The molecular weight excluding hydrogens is 204 g/mol. The van der Waals surface area contributed by atoms with E-state index >= 15 is 0 Å². The van der Waals surface area contributed by atoms with Crippen molar-refractivity contribution in [2.45, 2.75) is 37.8 Å². The van der Waals surface area contributed by atoms with Crippen molar-refractivity contribution in [2.75, 3.05) is 19.6 Å².